The van der Waals surface area contributed by atoms with E-state index in [1.54, 1.807) is 12.1 Å². The summed E-state index contributed by atoms with van der Waals surface area (Å²) in [5.74, 6) is 1.12. The highest BCUT2D eigenvalue weighted by Gasteiger charge is 2.40. The number of morpholine rings is 1. The van der Waals surface area contributed by atoms with E-state index in [0.29, 0.717) is 29.4 Å². The normalized spacial score (nSPS) is 23.5. The van der Waals surface area contributed by atoms with Gasteiger partial charge in [-0.15, -0.1) is 0 Å². The van der Waals surface area contributed by atoms with Gasteiger partial charge in [0.1, 0.15) is 6.23 Å². The molecule has 0 radical (unpaired) electrons. The molecule has 2 aromatic rings. The van der Waals surface area contributed by atoms with Crippen LogP contribution in [0.3, 0.4) is 0 Å². The maximum absolute atomic E-state index is 13.1. The lowest BCUT2D eigenvalue weighted by molar-refractivity contribution is -0.125. The molecule has 2 aromatic carbocycles. The number of rotatable bonds is 6. The lowest BCUT2D eigenvalue weighted by Gasteiger charge is -2.48. The summed E-state index contributed by atoms with van der Waals surface area (Å²) in [6, 6.07) is 14.1. The molecule has 7 heteroatoms. The summed E-state index contributed by atoms with van der Waals surface area (Å²) in [7, 11) is 4.61. The van der Waals surface area contributed by atoms with Crippen molar-refractivity contribution in [1.82, 2.24) is 10.2 Å². The number of benzene rings is 2. The molecule has 4 rings (SSSR count). The fraction of sp³-hybridized carbons (Fsp3) is 0.458. The maximum atomic E-state index is 13.1. The Morgan fingerprint density at radius 2 is 1.74 bits per heavy atom. The Labute approximate surface area is 183 Å². The molecule has 1 amide bonds. The number of carbonyl (C=O) groups is 1. The van der Waals surface area contributed by atoms with Gasteiger partial charge in [-0.1, -0.05) is 36.8 Å². The molecule has 0 bridgehead atoms. The van der Waals surface area contributed by atoms with Gasteiger partial charge in [0.2, 0.25) is 5.75 Å². The summed E-state index contributed by atoms with van der Waals surface area (Å²) in [4.78, 5) is 15.6. The number of carbonyl (C=O) groups excluding carboxylic acids is 1. The molecule has 166 valence electrons. The first-order chi connectivity index (χ1) is 15.2. The van der Waals surface area contributed by atoms with Gasteiger partial charge in [-0.3, -0.25) is 9.69 Å². The minimum atomic E-state index is -0.369. The van der Waals surface area contributed by atoms with Crippen LogP contribution in [-0.4, -0.2) is 57.6 Å². The van der Waals surface area contributed by atoms with E-state index in [1.807, 2.05) is 6.07 Å². The number of methoxy groups -OCH3 is 3. The predicted octanol–water partition coefficient (Wildman–Crippen LogP) is 3.39. The van der Waals surface area contributed by atoms with Gasteiger partial charge in [-0.05, 0) is 37.1 Å². The van der Waals surface area contributed by atoms with Crippen LogP contribution < -0.4 is 19.5 Å². The number of fused-ring (bicyclic) bond motifs is 1. The van der Waals surface area contributed by atoms with Gasteiger partial charge in [0.25, 0.3) is 5.91 Å². The van der Waals surface area contributed by atoms with Crippen LogP contribution in [-0.2, 0) is 4.74 Å². The molecule has 2 fully saturated rings. The third kappa shape index (κ3) is 4.34. The molecule has 2 aliphatic rings. The van der Waals surface area contributed by atoms with E-state index in [-0.39, 0.29) is 24.2 Å². The van der Waals surface area contributed by atoms with E-state index in [9.17, 15) is 4.79 Å². The number of ether oxygens (including phenoxy) is 4. The number of nitrogens with one attached hydrogen (secondary N) is 1. The lowest BCUT2D eigenvalue weighted by atomic mass is 9.93. The van der Waals surface area contributed by atoms with Crippen LogP contribution in [0.25, 0.3) is 0 Å². The second-order valence-corrected chi connectivity index (χ2v) is 7.87. The zero-order valence-corrected chi connectivity index (χ0v) is 18.3. The molecule has 2 aliphatic heterocycles. The molecule has 31 heavy (non-hydrogen) atoms. The molecule has 0 aliphatic carbocycles. The van der Waals surface area contributed by atoms with E-state index in [0.717, 1.165) is 25.8 Å². The Morgan fingerprint density at radius 1 is 1.03 bits per heavy atom. The molecule has 3 unspecified atom stereocenters. The average Bonchev–Trinajstić information content (AvgIpc) is 2.83. The second-order valence-electron chi connectivity index (χ2n) is 7.87. The van der Waals surface area contributed by atoms with Crippen LogP contribution in [0, 0.1) is 0 Å². The van der Waals surface area contributed by atoms with Gasteiger partial charge < -0.3 is 24.3 Å². The average molecular weight is 427 g/mol. The van der Waals surface area contributed by atoms with Gasteiger partial charge in [0, 0.05) is 5.56 Å². The largest absolute Gasteiger partial charge is 0.493 e. The third-order valence-electron chi connectivity index (χ3n) is 6.16. The van der Waals surface area contributed by atoms with Crippen LogP contribution in [0.5, 0.6) is 17.2 Å². The third-order valence-corrected chi connectivity index (χ3v) is 6.16. The highest BCUT2D eigenvalue weighted by atomic mass is 16.5. The summed E-state index contributed by atoms with van der Waals surface area (Å²) in [5, 5.41) is 3.09. The van der Waals surface area contributed by atoms with E-state index >= 15 is 0 Å². The van der Waals surface area contributed by atoms with Crippen molar-refractivity contribution < 1.29 is 23.7 Å². The lowest BCUT2D eigenvalue weighted by Crippen LogP contribution is -2.60. The monoisotopic (exact) mass is 426 g/mol. The van der Waals surface area contributed by atoms with Crippen LogP contribution in [0.4, 0.5) is 0 Å². The van der Waals surface area contributed by atoms with Crippen LogP contribution in [0.2, 0.25) is 0 Å². The maximum Gasteiger partial charge on any atom is 0.253 e. The Hall–Kier alpha value is -2.77. The van der Waals surface area contributed by atoms with Gasteiger partial charge in [-0.2, -0.15) is 0 Å². The van der Waals surface area contributed by atoms with Crippen molar-refractivity contribution in [2.24, 2.45) is 0 Å². The zero-order chi connectivity index (χ0) is 21.8. The van der Waals surface area contributed by atoms with E-state index in [1.165, 1.54) is 26.9 Å². The van der Waals surface area contributed by atoms with Crippen molar-refractivity contribution >= 4 is 5.91 Å². The molecule has 0 aromatic heterocycles. The van der Waals surface area contributed by atoms with Crippen molar-refractivity contribution in [3.8, 4) is 17.2 Å². The first-order valence-electron chi connectivity index (χ1n) is 10.7. The Bertz CT molecular complexity index is 879. The highest BCUT2D eigenvalue weighted by Crippen LogP contribution is 2.39. The number of piperidine rings is 1. The standard InChI is InChI=1S/C24H30N2O5/c1-28-20-13-17(14-21(29-2)22(20)30-3)23(27)25-24-18-11-7-8-12-26(18)19(15-31-24)16-9-5-4-6-10-16/h4-6,9-10,13-14,18-19,24H,7-8,11-12,15H2,1-3H3,(H,25,27). The van der Waals surface area contributed by atoms with E-state index < -0.39 is 0 Å². The Morgan fingerprint density at radius 3 is 2.39 bits per heavy atom. The second kappa shape index (κ2) is 9.58. The van der Waals surface area contributed by atoms with Crippen LogP contribution in [0.1, 0.15) is 41.2 Å². The fourth-order valence-electron chi connectivity index (χ4n) is 4.62. The zero-order valence-electron chi connectivity index (χ0n) is 18.3. The number of amides is 1. The van der Waals surface area contributed by atoms with Crippen LogP contribution in [0.15, 0.2) is 42.5 Å². The quantitative estimate of drug-likeness (QED) is 0.764. The molecule has 3 atom stereocenters. The Balaban J connectivity index is 1.54. The molecule has 7 nitrogen and oxygen atoms in total. The SMILES string of the molecule is COc1cc(C(=O)NC2OCC(c3ccccc3)N3CCCCC23)cc(OC)c1OC. The van der Waals surface area contributed by atoms with Gasteiger partial charge >= 0.3 is 0 Å². The van der Waals surface area contributed by atoms with Gasteiger partial charge in [0.15, 0.2) is 11.5 Å². The molecule has 0 saturated carbocycles. The summed E-state index contributed by atoms with van der Waals surface area (Å²) >= 11 is 0. The summed E-state index contributed by atoms with van der Waals surface area (Å²) in [5.41, 5.74) is 1.69. The smallest absolute Gasteiger partial charge is 0.253 e. The predicted molar refractivity (Wildman–Crippen MR) is 117 cm³/mol. The highest BCUT2D eigenvalue weighted by molar-refractivity contribution is 5.95. The molecular weight excluding hydrogens is 396 g/mol. The molecule has 0 spiro atoms. The number of nitrogens with zero attached hydrogens (tertiary/aromatic N) is 1. The van der Waals surface area contributed by atoms with E-state index in [4.69, 9.17) is 18.9 Å². The number of hydrogen-bond acceptors (Lipinski definition) is 6. The first-order valence-corrected chi connectivity index (χ1v) is 10.7. The molecule has 2 heterocycles. The van der Waals surface area contributed by atoms with Crippen molar-refractivity contribution in [3.05, 3.63) is 53.6 Å². The van der Waals surface area contributed by atoms with Crippen molar-refractivity contribution in [1.29, 1.82) is 0 Å². The number of hydrogen-bond donors (Lipinski definition) is 1. The summed E-state index contributed by atoms with van der Waals surface area (Å²) in [6.07, 6.45) is 2.91. The minimum Gasteiger partial charge on any atom is -0.493 e. The van der Waals surface area contributed by atoms with Crippen LogP contribution >= 0.6 is 0 Å². The molecular formula is C24H30N2O5. The summed E-state index contributed by atoms with van der Waals surface area (Å²) < 4.78 is 22.3. The minimum absolute atomic E-state index is 0.138. The fourth-order valence-corrected chi connectivity index (χ4v) is 4.62. The first kappa shape index (κ1) is 21.5. The molecule has 1 N–H and O–H groups in total. The van der Waals surface area contributed by atoms with Gasteiger partial charge in [0.05, 0.1) is 40.0 Å². The Kier molecular flexibility index (Phi) is 6.63. The van der Waals surface area contributed by atoms with Crippen molar-refractivity contribution in [2.75, 3.05) is 34.5 Å². The van der Waals surface area contributed by atoms with E-state index in [2.05, 4.69) is 34.5 Å². The van der Waals surface area contributed by atoms with Gasteiger partial charge in [-0.25, -0.2) is 0 Å². The topological polar surface area (TPSA) is 69.3 Å². The van der Waals surface area contributed by atoms with Crippen molar-refractivity contribution in [2.45, 2.75) is 37.6 Å². The van der Waals surface area contributed by atoms with Crippen molar-refractivity contribution in [3.63, 3.8) is 0 Å². The molecule has 2 saturated heterocycles. The summed E-state index contributed by atoms with van der Waals surface area (Å²) in [6.45, 7) is 1.55.